The molecular formula is C16H24N4O. The molecule has 2 rings (SSSR count). The molecule has 5 nitrogen and oxygen atoms in total. The van der Waals surface area contributed by atoms with Crippen LogP contribution in [0.1, 0.15) is 37.6 Å². The van der Waals surface area contributed by atoms with Gasteiger partial charge in [-0.1, -0.05) is 19.9 Å². The van der Waals surface area contributed by atoms with Crippen molar-refractivity contribution in [1.29, 1.82) is 0 Å². The molecule has 0 fully saturated rings. The van der Waals surface area contributed by atoms with Crippen molar-refractivity contribution in [3.63, 3.8) is 0 Å². The van der Waals surface area contributed by atoms with E-state index in [9.17, 15) is 0 Å². The number of aromatic nitrogens is 3. The summed E-state index contributed by atoms with van der Waals surface area (Å²) in [6, 6.07) is 3.96. The second-order valence-corrected chi connectivity index (χ2v) is 5.34. The van der Waals surface area contributed by atoms with Gasteiger partial charge >= 0.3 is 0 Å². The molecule has 0 aliphatic heterocycles. The number of hydrogen-bond donors (Lipinski definition) is 1. The first kappa shape index (κ1) is 15.5. The van der Waals surface area contributed by atoms with E-state index in [1.54, 1.807) is 13.3 Å². The quantitative estimate of drug-likeness (QED) is 0.759. The first-order chi connectivity index (χ1) is 10.2. The molecule has 0 saturated carbocycles. The normalized spacial score (nSPS) is 11.0. The van der Waals surface area contributed by atoms with E-state index < -0.39 is 0 Å². The van der Waals surface area contributed by atoms with E-state index >= 15 is 0 Å². The molecule has 114 valence electrons. The summed E-state index contributed by atoms with van der Waals surface area (Å²) in [6.07, 6.45) is 6.75. The van der Waals surface area contributed by atoms with Crippen molar-refractivity contribution in [1.82, 2.24) is 19.9 Å². The highest BCUT2D eigenvalue weighted by molar-refractivity contribution is 5.24. The van der Waals surface area contributed by atoms with Crippen molar-refractivity contribution in [2.75, 3.05) is 13.7 Å². The highest BCUT2D eigenvalue weighted by Crippen LogP contribution is 2.13. The Kier molecular flexibility index (Phi) is 5.75. The van der Waals surface area contributed by atoms with Gasteiger partial charge in [-0.3, -0.25) is 0 Å². The number of imidazole rings is 1. The molecule has 0 aliphatic rings. The van der Waals surface area contributed by atoms with Crippen molar-refractivity contribution >= 4 is 0 Å². The number of nitrogens with zero attached hydrogens (tertiary/aromatic N) is 3. The van der Waals surface area contributed by atoms with E-state index in [4.69, 9.17) is 4.74 Å². The van der Waals surface area contributed by atoms with Crippen LogP contribution >= 0.6 is 0 Å². The van der Waals surface area contributed by atoms with Crippen molar-refractivity contribution < 1.29 is 4.74 Å². The summed E-state index contributed by atoms with van der Waals surface area (Å²) in [5.41, 5.74) is 1.09. The molecule has 0 aliphatic carbocycles. The first-order valence-corrected chi connectivity index (χ1v) is 7.42. The van der Waals surface area contributed by atoms with E-state index in [-0.39, 0.29) is 0 Å². The third-order valence-electron chi connectivity index (χ3n) is 3.38. The molecular weight excluding hydrogens is 264 g/mol. The van der Waals surface area contributed by atoms with Crippen LogP contribution in [0, 0.1) is 0 Å². The van der Waals surface area contributed by atoms with Crippen LogP contribution in [0.5, 0.6) is 5.88 Å². The van der Waals surface area contributed by atoms with E-state index in [0.717, 1.165) is 37.4 Å². The Morgan fingerprint density at radius 3 is 2.90 bits per heavy atom. The van der Waals surface area contributed by atoms with Gasteiger partial charge in [-0.25, -0.2) is 9.97 Å². The Morgan fingerprint density at radius 1 is 1.29 bits per heavy atom. The van der Waals surface area contributed by atoms with Gasteiger partial charge in [0, 0.05) is 43.2 Å². The monoisotopic (exact) mass is 288 g/mol. The van der Waals surface area contributed by atoms with Crippen molar-refractivity contribution in [3.05, 3.63) is 42.1 Å². The minimum atomic E-state index is 0.465. The summed E-state index contributed by atoms with van der Waals surface area (Å²) < 4.78 is 7.47. The highest BCUT2D eigenvalue weighted by Gasteiger charge is 2.06. The fourth-order valence-corrected chi connectivity index (χ4v) is 2.35. The zero-order valence-electron chi connectivity index (χ0n) is 13.0. The summed E-state index contributed by atoms with van der Waals surface area (Å²) in [4.78, 5) is 8.60. The second kappa shape index (κ2) is 7.78. The molecule has 2 heterocycles. The van der Waals surface area contributed by atoms with E-state index in [1.165, 1.54) is 0 Å². The fourth-order valence-electron chi connectivity index (χ4n) is 2.35. The fraction of sp³-hybridized carbons (Fsp3) is 0.500. The Bertz CT molecular complexity index is 551. The van der Waals surface area contributed by atoms with Gasteiger partial charge in [0.1, 0.15) is 5.82 Å². The van der Waals surface area contributed by atoms with Crippen LogP contribution in [0.4, 0.5) is 0 Å². The van der Waals surface area contributed by atoms with Crippen LogP contribution in [-0.2, 0) is 13.1 Å². The molecule has 0 radical (unpaired) electrons. The van der Waals surface area contributed by atoms with Gasteiger partial charge in [-0.05, 0) is 19.0 Å². The number of ether oxygens (including phenoxy) is 1. The Labute approximate surface area is 126 Å². The lowest BCUT2D eigenvalue weighted by Gasteiger charge is -2.11. The summed E-state index contributed by atoms with van der Waals surface area (Å²) in [5, 5.41) is 3.43. The molecule has 0 aromatic carbocycles. The summed E-state index contributed by atoms with van der Waals surface area (Å²) >= 11 is 0. The predicted octanol–water partition coefficient (Wildman–Crippen LogP) is 2.59. The SMILES string of the molecule is COc1ncccc1CNCCCn1ccnc1C(C)C. The van der Waals surface area contributed by atoms with Gasteiger partial charge in [0.25, 0.3) is 0 Å². The van der Waals surface area contributed by atoms with Crippen LogP contribution in [-0.4, -0.2) is 28.2 Å². The zero-order valence-corrected chi connectivity index (χ0v) is 13.0. The minimum Gasteiger partial charge on any atom is -0.481 e. The van der Waals surface area contributed by atoms with Crippen LogP contribution in [0.15, 0.2) is 30.7 Å². The van der Waals surface area contributed by atoms with Crippen LogP contribution in [0.25, 0.3) is 0 Å². The smallest absolute Gasteiger partial charge is 0.217 e. The molecule has 0 bridgehead atoms. The van der Waals surface area contributed by atoms with Gasteiger partial charge in [-0.2, -0.15) is 0 Å². The standard InChI is InChI=1S/C16H24N4O/c1-13(2)15-18-9-11-20(15)10-5-7-17-12-14-6-4-8-19-16(14)21-3/h4,6,8-9,11,13,17H,5,7,10,12H2,1-3H3. The van der Waals surface area contributed by atoms with Gasteiger partial charge in [0.2, 0.25) is 5.88 Å². The van der Waals surface area contributed by atoms with Crippen LogP contribution < -0.4 is 10.1 Å². The van der Waals surface area contributed by atoms with Gasteiger partial charge in [-0.15, -0.1) is 0 Å². The lowest BCUT2D eigenvalue weighted by atomic mass is 10.2. The number of methoxy groups -OCH3 is 1. The largest absolute Gasteiger partial charge is 0.481 e. The molecule has 1 N–H and O–H groups in total. The van der Waals surface area contributed by atoms with Crippen molar-refractivity contribution in [2.45, 2.75) is 39.3 Å². The number of hydrogen-bond acceptors (Lipinski definition) is 4. The number of rotatable bonds is 8. The zero-order chi connectivity index (χ0) is 15.1. The number of nitrogens with one attached hydrogen (secondary N) is 1. The molecule has 0 spiro atoms. The molecule has 2 aromatic rings. The third kappa shape index (κ3) is 4.29. The molecule has 2 aromatic heterocycles. The van der Waals surface area contributed by atoms with Crippen molar-refractivity contribution in [3.8, 4) is 5.88 Å². The van der Waals surface area contributed by atoms with Gasteiger partial charge in [0.05, 0.1) is 7.11 Å². The topological polar surface area (TPSA) is 52.0 Å². The maximum Gasteiger partial charge on any atom is 0.217 e. The molecule has 21 heavy (non-hydrogen) atoms. The molecule has 0 unspecified atom stereocenters. The molecule has 0 atom stereocenters. The average molecular weight is 288 g/mol. The summed E-state index contributed by atoms with van der Waals surface area (Å²) in [7, 11) is 1.65. The Balaban J connectivity index is 1.74. The second-order valence-electron chi connectivity index (χ2n) is 5.34. The Hall–Kier alpha value is -1.88. The van der Waals surface area contributed by atoms with Crippen LogP contribution in [0.2, 0.25) is 0 Å². The van der Waals surface area contributed by atoms with E-state index in [1.807, 2.05) is 18.3 Å². The highest BCUT2D eigenvalue weighted by atomic mass is 16.5. The van der Waals surface area contributed by atoms with Gasteiger partial charge in [0.15, 0.2) is 0 Å². The number of pyridine rings is 1. The number of aryl methyl sites for hydroxylation is 1. The summed E-state index contributed by atoms with van der Waals surface area (Å²) in [6.45, 7) is 7.06. The van der Waals surface area contributed by atoms with Crippen LogP contribution in [0.3, 0.4) is 0 Å². The molecule has 5 heteroatoms. The first-order valence-electron chi connectivity index (χ1n) is 7.42. The minimum absolute atomic E-state index is 0.465. The predicted molar refractivity (Wildman–Crippen MR) is 83.4 cm³/mol. The summed E-state index contributed by atoms with van der Waals surface area (Å²) in [5.74, 6) is 2.32. The maximum absolute atomic E-state index is 5.24. The van der Waals surface area contributed by atoms with E-state index in [2.05, 4.69) is 39.9 Å². The lowest BCUT2D eigenvalue weighted by Crippen LogP contribution is -2.17. The Morgan fingerprint density at radius 2 is 2.14 bits per heavy atom. The van der Waals surface area contributed by atoms with Gasteiger partial charge < -0.3 is 14.6 Å². The maximum atomic E-state index is 5.24. The van der Waals surface area contributed by atoms with Crippen molar-refractivity contribution in [2.24, 2.45) is 0 Å². The molecule has 0 amide bonds. The third-order valence-corrected chi connectivity index (χ3v) is 3.38. The van der Waals surface area contributed by atoms with E-state index in [0.29, 0.717) is 11.8 Å². The lowest BCUT2D eigenvalue weighted by molar-refractivity contribution is 0.390. The average Bonchev–Trinajstić information content (AvgIpc) is 2.96. The molecule has 0 saturated heterocycles.